The molecule has 0 saturated carbocycles. The van der Waals surface area contributed by atoms with Crippen LogP contribution in [0, 0.1) is 12.7 Å². The van der Waals surface area contributed by atoms with Gasteiger partial charge in [-0.3, -0.25) is 9.36 Å². The third-order valence-electron chi connectivity index (χ3n) is 4.44. The minimum absolute atomic E-state index is 0.161. The molecule has 0 aliphatic heterocycles. The molecule has 9 heteroatoms. The van der Waals surface area contributed by atoms with Gasteiger partial charge < -0.3 is 10.1 Å². The van der Waals surface area contributed by atoms with Gasteiger partial charge in [0.2, 0.25) is 5.91 Å². The summed E-state index contributed by atoms with van der Waals surface area (Å²) in [4.78, 5) is 17.0. The summed E-state index contributed by atoms with van der Waals surface area (Å²) in [6.45, 7) is 1.83. The van der Waals surface area contributed by atoms with E-state index in [9.17, 15) is 9.18 Å². The van der Waals surface area contributed by atoms with Crippen molar-refractivity contribution in [3.8, 4) is 17.1 Å². The second kappa shape index (κ2) is 9.05. The zero-order valence-electron chi connectivity index (χ0n) is 16.9. The minimum atomic E-state index is -0.332. The maximum atomic E-state index is 13.2. The van der Waals surface area contributed by atoms with Gasteiger partial charge in [0.25, 0.3) is 0 Å². The molecule has 0 unspecified atom stereocenters. The average Bonchev–Trinajstić information content (AvgIpc) is 3.39. The van der Waals surface area contributed by atoms with Crippen LogP contribution in [0.5, 0.6) is 5.75 Å². The number of hydrogen-bond donors (Lipinski definition) is 1. The number of thioether (sulfide) groups is 1. The van der Waals surface area contributed by atoms with E-state index in [2.05, 4.69) is 15.4 Å². The summed E-state index contributed by atoms with van der Waals surface area (Å²) in [5, 5.41) is 7.95. The average molecular weight is 438 g/mol. The highest BCUT2D eigenvalue weighted by atomic mass is 32.2. The van der Waals surface area contributed by atoms with Gasteiger partial charge in [-0.1, -0.05) is 17.8 Å². The van der Waals surface area contributed by atoms with E-state index < -0.39 is 0 Å². The number of rotatable bonds is 7. The molecular weight excluding hydrogens is 417 g/mol. The fourth-order valence-corrected chi connectivity index (χ4v) is 3.80. The molecule has 0 spiro atoms. The number of amides is 1. The van der Waals surface area contributed by atoms with E-state index in [0.29, 0.717) is 16.7 Å². The van der Waals surface area contributed by atoms with Gasteiger partial charge in [-0.05, 0) is 43.3 Å². The van der Waals surface area contributed by atoms with E-state index in [1.807, 2.05) is 42.0 Å². The smallest absolute Gasteiger partial charge is 0.236 e. The number of halogens is 1. The highest BCUT2D eigenvalue weighted by Crippen LogP contribution is 2.24. The second-order valence-electron chi connectivity index (χ2n) is 6.68. The zero-order chi connectivity index (χ0) is 21.8. The molecule has 4 rings (SSSR count). The molecule has 0 aliphatic rings. The lowest BCUT2D eigenvalue weighted by molar-refractivity contribution is -0.113. The summed E-state index contributed by atoms with van der Waals surface area (Å²) in [6, 6.07) is 15.3. The Morgan fingerprint density at radius 3 is 2.74 bits per heavy atom. The Morgan fingerprint density at radius 2 is 1.97 bits per heavy atom. The number of anilines is 1. The van der Waals surface area contributed by atoms with Gasteiger partial charge in [0.15, 0.2) is 5.16 Å². The molecule has 1 N–H and O–H groups in total. The van der Waals surface area contributed by atoms with Crippen LogP contribution in [-0.2, 0) is 4.79 Å². The number of benzene rings is 2. The Bertz CT molecular complexity index is 1200. The fraction of sp³-hybridized carbons (Fsp3) is 0.136. The minimum Gasteiger partial charge on any atom is -0.497 e. The second-order valence-corrected chi connectivity index (χ2v) is 7.62. The van der Waals surface area contributed by atoms with Crippen LogP contribution < -0.4 is 10.1 Å². The van der Waals surface area contributed by atoms with Gasteiger partial charge in [0, 0.05) is 24.5 Å². The molecule has 2 aromatic heterocycles. The summed E-state index contributed by atoms with van der Waals surface area (Å²) >= 11 is 1.32. The van der Waals surface area contributed by atoms with Crippen molar-refractivity contribution < 1.29 is 13.9 Å². The van der Waals surface area contributed by atoms with Crippen molar-refractivity contribution in [1.82, 2.24) is 19.3 Å². The first-order valence-corrected chi connectivity index (χ1v) is 10.4. The maximum absolute atomic E-state index is 13.2. The van der Waals surface area contributed by atoms with Crippen LogP contribution in [0.3, 0.4) is 0 Å². The van der Waals surface area contributed by atoms with Crippen LogP contribution in [-0.4, -0.2) is 38.1 Å². The number of aryl methyl sites for hydroxylation is 1. The third kappa shape index (κ3) is 4.77. The lowest BCUT2D eigenvalue weighted by atomic mass is 10.3. The Hall–Kier alpha value is -3.59. The first-order valence-electron chi connectivity index (χ1n) is 9.46. The van der Waals surface area contributed by atoms with Gasteiger partial charge in [-0.25, -0.2) is 14.1 Å². The summed E-state index contributed by atoms with van der Waals surface area (Å²) in [6.07, 6.45) is 3.52. The quantitative estimate of drug-likeness (QED) is 0.438. The van der Waals surface area contributed by atoms with Crippen LogP contribution >= 0.6 is 11.8 Å². The first-order chi connectivity index (χ1) is 15.0. The standard InChI is InChI=1S/C22H20FN5O2S/c1-15-12-20(28(26-15)17-8-6-16(23)7-9-17)25-21(29)14-31-22-24-10-11-27(22)18-4-3-5-19(13-18)30-2/h3-13H,14H2,1-2H3,(H,25,29). The molecule has 0 saturated heterocycles. The molecule has 0 fully saturated rings. The van der Waals surface area contributed by atoms with Gasteiger partial charge >= 0.3 is 0 Å². The summed E-state index contributed by atoms with van der Waals surface area (Å²) < 4.78 is 22.0. The fourth-order valence-electron chi connectivity index (χ4n) is 3.03. The maximum Gasteiger partial charge on any atom is 0.236 e. The highest BCUT2D eigenvalue weighted by Gasteiger charge is 2.14. The normalized spacial score (nSPS) is 10.8. The monoisotopic (exact) mass is 437 g/mol. The molecule has 2 aromatic carbocycles. The van der Waals surface area contributed by atoms with E-state index in [0.717, 1.165) is 17.1 Å². The SMILES string of the molecule is COc1cccc(-n2ccnc2SCC(=O)Nc2cc(C)nn2-c2ccc(F)cc2)c1. The molecule has 4 aromatic rings. The molecule has 0 aliphatic carbocycles. The van der Waals surface area contributed by atoms with E-state index in [-0.39, 0.29) is 17.5 Å². The lowest BCUT2D eigenvalue weighted by Gasteiger charge is -2.10. The number of carbonyl (C=O) groups is 1. The van der Waals surface area contributed by atoms with Crippen molar-refractivity contribution in [2.75, 3.05) is 18.2 Å². The number of ether oxygens (including phenoxy) is 1. The molecule has 31 heavy (non-hydrogen) atoms. The molecule has 0 radical (unpaired) electrons. The van der Waals surface area contributed by atoms with Crippen LogP contribution in [0.2, 0.25) is 0 Å². The predicted molar refractivity (Wildman–Crippen MR) is 118 cm³/mol. The molecule has 158 valence electrons. The Balaban J connectivity index is 1.46. The third-order valence-corrected chi connectivity index (χ3v) is 5.41. The zero-order valence-corrected chi connectivity index (χ0v) is 17.8. The first kappa shape index (κ1) is 20.7. The Kier molecular flexibility index (Phi) is 6.03. The number of imidazole rings is 1. The molecule has 0 atom stereocenters. The number of methoxy groups -OCH3 is 1. The van der Waals surface area contributed by atoms with Crippen LogP contribution in [0.4, 0.5) is 10.2 Å². The summed E-state index contributed by atoms with van der Waals surface area (Å²) in [7, 11) is 1.62. The van der Waals surface area contributed by atoms with Gasteiger partial charge in [-0.2, -0.15) is 5.10 Å². The molecule has 0 bridgehead atoms. The summed E-state index contributed by atoms with van der Waals surface area (Å²) in [5.41, 5.74) is 2.29. The summed E-state index contributed by atoms with van der Waals surface area (Å²) in [5.74, 6) is 0.888. The van der Waals surface area contributed by atoms with E-state index in [4.69, 9.17) is 4.74 Å². The Labute approximate surface area is 182 Å². The van der Waals surface area contributed by atoms with Gasteiger partial charge in [-0.15, -0.1) is 0 Å². The van der Waals surface area contributed by atoms with Crippen molar-refractivity contribution in [3.05, 3.63) is 78.5 Å². The van der Waals surface area contributed by atoms with Crippen molar-refractivity contribution in [1.29, 1.82) is 0 Å². The van der Waals surface area contributed by atoms with Gasteiger partial charge in [0.1, 0.15) is 17.4 Å². The number of nitrogens with zero attached hydrogens (tertiary/aromatic N) is 4. The lowest BCUT2D eigenvalue weighted by Crippen LogP contribution is -2.17. The number of hydrogen-bond acceptors (Lipinski definition) is 5. The van der Waals surface area contributed by atoms with E-state index >= 15 is 0 Å². The number of carbonyl (C=O) groups excluding carboxylic acids is 1. The largest absolute Gasteiger partial charge is 0.497 e. The highest BCUT2D eigenvalue weighted by molar-refractivity contribution is 7.99. The van der Waals surface area contributed by atoms with Crippen molar-refractivity contribution in [2.45, 2.75) is 12.1 Å². The van der Waals surface area contributed by atoms with Crippen LogP contribution in [0.25, 0.3) is 11.4 Å². The molecule has 2 heterocycles. The molecule has 1 amide bonds. The Morgan fingerprint density at radius 1 is 1.16 bits per heavy atom. The van der Waals surface area contributed by atoms with Crippen molar-refractivity contribution in [3.63, 3.8) is 0 Å². The topological polar surface area (TPSA) is 74.0 Å². The van der Waals surface area contributed by atoms with Crippen molar-refractivity contribution in [2.24, 2.45) is 0 Å². The van der Waals surface area contributed by atoms with Gasteiger partial charge in [0.05, 0.1) is 29.9 Å². The van der Waals surface area contributed by atoms with Crippen molar-refractivity contribution >= 4 is 23.5 Å². The molecular formula is C22H20FN5O2S. The molecule has 7 nitrogen and oxygen atoms in total. The van der Waals surface area contributed by atoms with Crippen LogP contribution in [0.15, 0.2) is 72.1 Å². The van der Waals surface area contributed by atoms with Crippen LogP contribution in [0.1, 0.15) is 5.69 Å². The number of nitrogens with one attached hydrogen (secondary N) is 1. The number of aromatic nitrogens is 4. The predicted octanol–water partition coefficient (Wildman–Crippen LogP) is 4.24. The van der Waals surface area contributed by atoms with E-state index in [1.165, 1.54) is 23.9 Å². The van der Waals surface area contributed by atoms with E-state index in [1.54, 1.807) is 36.2 Å².